The van der Waals surface area contributed by atoms with Crippen LogP contribution in [0.3, 0.4) is 0 Å². The SMILES string of the molecule is CCC1(C)NC(=O)N(/N=C/c2ccc(OCc3ccc(C)cc3)cc2)C1=O. The van der Waals surface area contributed by atoms with Crippen LogP contribution in [-0.2, 0) is 11.4 Å². The molecule has 6 nitrogen and oxygen atoms in total. The third-order valence-electron chi connectivity index (χ3n) is 4.68. The zero-order valence-corrected chi connectivity index (χ0v) is 15.7. The molecule has 0 radical (unpaired) electrons. The molecule has 2 aromatic carbocycles. The van der Waals surface area contributed by atoms with E-state index in [2.05, 4.69) is 22.6 Å². The second kappa shape index (κ2) is 7.61. The summed E-state index contributed by atoms with van der Waals surface area (Å²) in [4.78, 5) is 24.2. The summed E-state index contributed by atoms with van der Waals surface area (Å²) in [7, 11) is 0. The molecule has 3 amide bonds. The molecule has 1 heterocycles. The minimum absolute atomic E-state index is 0.343. The number of hydrazone groups is 1. The molecular formula is C21H23N3O3. The lowest BCUT2D eigenvalue weighted by molar-refractivity contribution is -0.130. The first-order chi connectivity index (χ1) is 12.9. The van der Waals surface area contributed by atoms with Crippen molar-refractivity contribution in [2.24, 2.45) is 5.10 Å². The van der Waals surface area contributed by atoms with Crippen LogP contribution >= 0.6 is 0 Å². The number of ether oxygens (including phenoxy) is 1. The molecule has 1 aliphatic heterocycles. The summed E-state index contributed by atoms with van der Waals surface area (Å²) in [5, 5.41) is 7.58. The van der Waals surface area contributed by atoms with Crippen molar-refractivity contribution in [3.8, 4) is 5.75 Å². The summed E-state index contributed by atoms with van der Waals surface area (Å²) in [6, 6.07) is 15.0. The zero-order valence-electron chi connectivity index (χ0n) is 15.7. The number of hydrogen-bond donors (Lipinski definition) is 1. The van der Waals surface area contributed by atoms with Crippen molar-refractivity contribution in [1.29, 1.82) is 0 Å². The van der Waals surface area contributed by atoms with E-state index >= 15 is 0 Å². The second-order valence-corrected chi connectivity index (χ2v) is 6.82. The van der Waals surface area contributed by atoms with Crippen LogP contribution in [0.2, 0.25) is 0 Å². The smallest absolute Gasteiger partial charge is 0.346 e. The number of benzene rings is 2. The zero-order chi connectivity index (χ0) is 19.4. The van der Waals surface area contributed by atoms with Gasteiger partial charge in [0.05, 0.1) is 6.21 Å². The Morgan fingerprint density at radius 1 is 1.11 bits per heavy atom. The van der Waals surface area contributed by atoms with Gasteiger partial charge in [0.15, 0.2) is 0 Å². The van der Waals surface area contributed by atoms with Crippen LogP contribution in [-0.4, -0.2) is 28.7 Å². The Morgan fingerprint density at radius 3 is 2.37 bits per heavy atom. The fraction of sp³-hybridized carbons (Fsp3) is 0.286. The molecule has 27 heavy (non-hydrogen) atoms. The van der Waals surface area contributed by atoms with Crippen molar-refractivity contribution < 1.29 is 14.3 Å². The Balaban J connectivity index is 1.60. The quantitative estimate of drug-likeness (QED) is 0.628. The van der Waals surface area contributed by atoms with Crippen molar-refractivity contribution >= 4 is 18.2 Å². The maximum absolute atomic E-state index is 12.3. The van der Waals surface area contributed by atoms with E-state index < -0.39 is 11.6 Å². The van der Waals surface area contributed by atoms with Gasteiger partial charge in [-0.15, -0.1) is 5.01 Å². The number of rotatable bonds is 6. The first-order valence-corrected chi connectivity index (χ1v) is 8.90. The molecule has 1 fully saturated rings. The van der Waals surface area contributed by atoms with Crippen LogP contribution in [0.25, 0.3) is 0 Å². The first kappa shape index (κ1) is 18.6. The van der Waals surface area contributed by atoms with Crippen LogP contribution in [0.1, 0.15) is 37.0 Å². The van der Waals surface area contributed by atoms with Gasteiger partial charge < -0.3 is 10.1 Å². The monoisotopic (exact) mass is 365 g/mol. The Morgan fingerprint density at radius 2 is 1.78 bits per heavy atom. The van der Waals surface area contributed by atoms with Gasteiger partial charge in [-0.05, 0) is 55.7 Å². The number of carbonyl (C=O) groups excluding carboxylic acids is 2. The molecule has 2 aromatic rings. The lowest BCUT2D eigenvalue weighted by Gasteiger charge is -2.17. The lowest BCUT2D eigenvalue weighted by Crippen LogP contribution is -2.42. The van der Waals surface area contributed by atoms with E-state index in [1.165, 1.54) is 11.8 Å². The van der Waals surface area contributed by atoms with Gasteiger partial charge in [-0.2, -0.15) is 5.10 Å². The van der Waals surface area contributed by atoms with E-state index in [1.807, 2.05) is 50.2 Å². The molecule has 0 spiro atoms. The molecule has 1 saturated heterocycles. The molecule has 1 N–H and O–H groups in total. The molecular weight excluding hydrogens is 342 g/mol. The predicted octanol–water partition coefficient (Wildman–Crippen LogP) is 3.63. The van der Waals surface area contributed by atoms with Crippen LogP contribution in [0.5, 0.6) is 5.75 Å². The van der Waals surface area contributed by atoms with Crippen molar-refractivity contribution in [3.63, 3.8) is 0 Å². The number of aryl methyl sites for hydroxylation is 1. The molecule has 1 aliphatic rings. The summed E-state index contributed by atoms with van der Waals surface area (Å²) in [5.41, 5.74) is 2.20. The number of carbonyl (C=O) groups is 2. The number of amides is 3. The van der Waals surface area contributed by atoms with Crippen LogP contribution < -0.4 is 10.1 Å². The Bertz CT molecular complexity index is 859. The minimum atomic E-state index is -0.887. The Kier molecular flexibility index (Phi) is 5.26. The van der Waals surface area contributed by atoms with E-state index in [4.69, 9.17) is 4.74 Å². The van der Waals surface area contributed by atoms with Gasteiger partial charge in [0.25, 0.3) is 5.91 Å². The average Bonchev–Trinajstić information content (AvgIpc) is 2.89. The van der Waals surface area contributed by atoms with Crippen molar-refractivity contribution in [2.75, 3.05) is 0 Å². The molecule has 6 heteroatoms. The Labute approximate surface area is 158 Å². The van der Waals surface area contributed by atoms with Crippen LogP contribution in [0.4, 0.5) is 4.79 Å². The molecule has 3 rings (SSSR count). The van der Waals surface area contributed by atoms with E-state index in [9.17, 15) is 9.59 Å². The Hall–Kier alpha value is -3.15. The summed E-state index contributed by atoms with van der Waals surface area (Å²) in [6.45, 7) is 6.09. The highest BCUT2D eigenvalue weighted by molar-refractivity contribution is 6.07. The van der Waals surface area contributed by atoms with Gasteiger partial charge in [0.1, 0.15) is 17.9 Å². The number of nitrogens with one attached hydrogen (secondary N) is 1. The predicted molar refractivity (Wildman–Crippen MR) is 104 cm³/mol. The number of nitrogens with zero attached hydrogens (tertiary/aromatic N) is 2. The number of hydrogen-bond acceptors (Lipinski definition) is 4. The minimum Gasteiger partial charge on any atom is -0.489 e. The number of urea groups is 1. The summed E-state index contributed by atoms with van der Waals surface area (Å²) < 4.78 is 5.77. The van der Waals surface area contributed by atoms with E-state index in [1.54, 1.807) is 6.92 Å². The first-order valence-electron chi connectivity index (χ1n) is 8.90. The van der Waals surface area contributed by atoms with E-state index in [0.717, 1.165) is 21.9 Å². The molecule has 0 bridgehead atoms. The fourth-order valence-electron chi connectivity index (χ4n) is 2.64. The van der Waals surface area contributed by atoms with Gasteiger partial charge in [-0.1, -0.05) is 36.8 Å². The average molecular weight is 365 g/mol. The third-order valence-corrected chi connectivity index (χ3v) is 4.68. The molecule has 140 valence electrons. The van der Waals surface area contributed by atoms with Gasteiger partial charge in [-0.25, -0.2) is 4.79 Å². The summed E-state index contributed by atoms with van der Waals surface area (Å²) in [6.07, 6.45) is 2.00. The van der Waals surface area contributed by atoms with Gasteiger partial charge >= 0.3 is 6.03 Å². The van der Waals surface area contributed by atoms with Crippen molar-refractivity contribution in [1.82, 2.24) is 10.3 Å². The molecule has 0 aromatic heterocycles. The largest absolute Gasteiger partial charge is 0.489 e. The lowest BCUT2D eigenvalue weighted by atomic mass is 10.00. The highest BCUT2D eigenvalue weighted by atomic mass is 16.5. The molecule has 0 aliphatic carbocycles. The van der Waals surface area contributed by atoms with Crippen LogP contribution in [0.15, 0.2) is 53.6 Å². The van der Waals surface area contributed by atoms with E-state index in [0.29, 0.717) is 13.0 Å². The maximum Gasteiger partial charge on any atom is 0.346 e. The van der Waals surface area contributed by atoms with Gasteiger partial charge in [0.2, 0.25) is 0 Å². The highest BCUT2D eigenvalue weighted by Crippen LogP contribution is 2.21. The third kappa shape index (κ3) is 4.16. The van der Waals surface area contributed by atoms with E-state index in [-0.39, 0.29) is 5.91 Å². The number of imide groups is 1. The van der Waals surface area contributed by atoms with Gasteiger partial charge in [-0.3, -0.25) is 4.79 Å². The topological polar surface area (TPSA) is 71.0 Å². The van der Waals surface area contributed by atoms with Crippen molar-refractivity contribution in [3.05, 3.63) is 65.2 Å². The molecule has 0 saturated carbocycles. The van der Waals surface area contributed by atoms with Crippen LogP contribution in [0, 0.1) is 6.92 Å². The van der Waals surface area contributed by atoms with Gasteiger partial charge in [0, 0.05) is 0 Å². The maximum atomic E-state index is 12.3. The fourth-order valence-corrected chi connectivity index (χ4v) is 2.64. The molecule has 1 atom stereocenters. The standard InChI is InChI=1S/C21H23N3O3/c1-4-21(3)19(25)24(20(26)23-21)22-13-16-9-11-18(12-10-16)27-14-17-7-5-15(2)6-8-17/h5-13H,4,14H2,1-3H3,(H,23,26)/b22-13+. The highest BCUT2D eigenvalue weighted by Gasteiger charge is 2.46. The molecule has 1 unspecified atom stereocenters. The summed E-state index contributed by atoms with van der Waals surface area (Å²) in [5.74, 6) is 0.394. The second-order valence-electron chi connectivity index (χ2n) is 6.82. The normalized spacial score (nSPS) is 19.6. The van der Waals surface area contributed by atoms with Crippen molar-refractivity contribution in [2.45, 2.75) is 39.3 Å². The summed E-state index contributed by atoms with van der Waals surface area (Å²) >= 11 is 0.